The van der Waals surface area contributed by atoms with Crippen molar-refractivity contribution in [1.82, 2.24) is 0 Å². The molecule has 0 aromatic rings. The van der Waals surface area contributed by atoms with E-state index in [1.807, 2.05) is 0 Å². The van der Waals surface area contributed by atoms with Crippen LogP contribution >= 0.6 is 27.6 Å². The Morgan fingerprint density at radius 1 is 1.00 bits per heavy atom. The summed E-state index contributed by atoms with van der Waals surface area (Å²) in [6, 6.07) is 0. The summed E-state index contributed by atoms with van der Waals surface area (Å²) in [7, 11) is 0. The van der Waals surface area contributed by atoms with Gasteiger partial charge in [0.1, 0.15) is 0 Å². The van der Waals surface area contributed by atoms with Gasteiger partial charge in [-0.3, -0.25) is 0 Å². The topological polar surface area (TPSA) is 0 Å². The third kappa shape index (κ3) is 3.24. The van der Waals surface area contributed by atoms with Crippen LogP contribution in [0.3, 0.4) is 0 Å². The number of hydrogen-bond donors (Lipinski definition) is 0. The van der Waals surface area contributed by atoms with Gasteiger partial charge >= 0.3 is 0 Å². The highest BCUT2D eigenvalue weighted by Crippen LogP contribution is 2.53. The van der Waals surface area contributed by atoms with Gasteiger partial charge in [-0.05, 0) is 16.9 Å². The Morgan fingerprint density at radius 2 is 1.25 bits per heavy atom. The molecule has 0 amide bonds. The Kier molecular flexibility index (Phi) is 4.64. The lowest BCUT2D eigenvalue weighted by Gasteiger charge is -2.17. The average Bonchev–Trinajstić information content (AvgIpc) is 1.64. The van der Waals surface area contributed by atoms with Crippen molar-refractivity contribution < 1.29 is 0 Å². The van der Waals surface area contributed by atoms with Gasteiger partial charge in [0.15, 0.2) is 0 Å². The maximum Gasteiger partial charge on any atom is -0.0173 e. The second-order valence-electron chi connectivity index (χ2n) is 2.53. The SMILES string of the molecule is CC(C)P(I)C(C)C. The van der Waals surface area contributed by atoms with Crippen LogP contribution in [0.5, 0.6) is 0 Å². The van der Waals surface area contributed by atoms with Crippen LogP contribution in [0.1, 0.15) is 27.7 Å². The molecule has 0 nitrogen and oxygen atoms in total. The molecular weight excluding hydrogens is 230 g/mol. The molecule has 2 heteroatoms. The second-order valence-corrected chi connectivity index (χ2v) is 8.63. The van der Waals surface area contributed by atoms with E-state index in [0.717, 1.165) is 11.3 Å². The van der Waals surface area contributed by atoms with E-state index in [-0.39, 0.29) is 5.56 Å². The van der Waals surface area contributed by atoms with E-state index in [1.165, 1.54) is 0 Å². The van der Waals surface area contributed by atoms with Gasteiger partial charge in [-0.25, -0.2) is 0 Å². The Labute approximate surface area is 66.7 Å². The molecule has 0 aromatic heterocycles. The van der Waals surface area contributed by atoms with Gasteiger partial charge in [0, 0.05) is 0 Å². The summed E-state index contributed by atoms with van der Waals surface area (Å²) >= 11 is 2.59. The zero-order valence-electron chi connectivity index (χ0n) is 5.98. The molecule has 0 rings (SSSR count). The minimum atomic E-state index is 0.271. The molecule has 0 N–H and O–H groups in total. The van der Waals surface area contributed by atoms with Crippen LogP contribution in [0.4, 0.5) is 0 Å². The number of hydrogen-bond acceptors (Lipinski definition) is 0. The van der Waals surface area contributed by atoms with E-state index < -0.39 is 0 Å². The molecule has 0 aliphatic rings. The van der Waals surface area contributed by atoms with Crippen molar-refractivity contribution in [1.29, 1.82) is 0 Å². The van der Waals surface area contributed by atoms with E-state index in [1.54, 1.807) is 0 Å². The normalized spacial score (nSPS) is 12.0. The van der Waals surface area contributed by atoms with Crippen molar-refractivity contribution in [3.8, 4) is 0 Å². The van der Waals surface area contributed by atoms with Gasteiger partial charge in [0.2, 0.25) is 0 Å². The molecule has 50 valence electrons. The fraction of sp³-hybridized carbons (Fsp3) is 1.00. The monoisotopic (exact) mass is 244 g/mol. The lowest BCUT2D eigenvalue weighted by atomic mass is 10.5. The molecule has 0 spiro atoms. The lowest BCUT2D eigenvalue weighted by molar-refractivity contribution is 1.03. The smallest absolute Gasteiger partial charge is 0.0173 e. The largest absolute Gasteiger partial charge is 0.0581 e. The molecule has 0 aliphatic carbocycles. The Balaban J connectivity index is 3.46. The van der Waals surface area contributed by atoms with Crippen LogP contribution in [-0.4, -0.2) is 11.3 Å². The van der Waals surface area contributed by atoms with E-state index in [2.05, 4.69) is 49.7 Å². The molecule has 8 heavy (non-hydrogen) atoms. The molecular formula is C6H14IP. The molecule has 0 unspecified atom stereocenters. The zero-order chi connectivity index (χ0) is 6.73. The van der Waals surface area contributed by atoms with Crippen molar-refractivity contribution in [2.75, 3.05) is 0 Å². The molecule has 0 radical (unpaired) electrons. The Hall–Kier alpha value is 1.16. The minimum absolute atomic E-state index is 0.271. The maximum absolute atomic E-state index is 2.59. The van der Waals surface area contributed by atoms with Crippen LogP contribution in [0.2, 0.25) is 0 Å². The average molecular weight is 244 g/mol. The highest BCUT2D eigenvalue weighted by molar-refractivity contribution is 14.2. The molecule has 0 fully saturated rings. The van der Waals surface area contributed by atoms with Crippen molar-refractivity contribution in [3.63, 3.8) is 0 Å². The van der Waals surface area contributed by atoms with Gasteiger partial charge in [0.25, 0.3) is 0 Å². The van der Waals surface area contributed by atoms with E-state index in [4.69, 9.17) is 0 Å². The molecule has 0 atom stereocenters. The molecule has 0 heterocycles. The summed E-state index contributed by atoms with van der Waals surface area (Å²) in [6.45, 7) is 9.21. The molecule has 0 saturated carbocycles. The van der Waals surface area contributed by atoms with Crippen molar-refractivity contribution >= 4 is 27.6 Å². The first-order valence-electron chi connectivity index (χ1n) is 2.99. The highest BCUT2D eigenvalue weighted by Gasteiger charge is 2.11. The minimum Gasteiger partial charge on any atom is -0.0581 e. The fourth-order valence-electron chi connectivity index (χ4n) is 0.596. The molecule has 0 aliphatic heterocycles. The van der Waals surface area contributed by atoms with E-state index in [9.17, 15) is 0 Å². The first-order valence-corrected chi connectivity index (χ1v) is 7.26. The first-order chi connectivity index (χ1) is 3.55. The predicted octanol–water partition coefficient (Wildman–Crippen LogP) is 3.64. The summed E-state index contributed by atoms with van der Waals surface area (Å²) in [5.74, 6) is 0. The maximum atomic E-state index is 2.59. The third-order valence-corrected chi connectivity index (χ3v) is 9.64. The van der Waals surface area contributed by atoms with Crippen LogP contribution in [-0.2, 0) is 0 Å². The fourth-order valence-corrected chi connectivity index (χ4v) is 1.79. The summed E-state index contributed by atoms with van der Waals surface area (Å²) in [5.41, 5.74) is 2.06. The van der Waals surface area contributed by atoms with Crippen molar-refractivity contribution in [2.45, 2.75) is 39.0 Å². The van der Waals surface area contributed by atoms with Gasteiger partial charge in [0.05, 0.1) is 0 Å². The van der Waals surface area contributed by atoms with E-state index >= 15 is 0 Å². The predicted molar refractivity (Wildman–Crippen MR) is 51.2 cm³/mol. The Bertz CT molecular complexity index is 53.5. The van der Waals surface area contributed by atoms with Gasteiger partial charge in [-0.2, -0.15) is 0 Å². The summed E-state index contributed by atoms with van der Waals surface area (Å²) < 4.78 is 0. The van der Waals surface area contributed by atoms with E-state index in [0.29, 0.717) is 0 Å². The Morgan fingerprint density at radius 3 is 1.25 bits per heavy atom. The van der Waals surface area contributed by atoms with Crippen molar-refractivity contribution in [2.24, 2.45) is 0 Å². The number of halogens is 1. The van der Waals surface area contributed by atoms with Gasteiger partial charge < -0.3 is 0 Å². The van der Waals surface area contributed by atoms with Crippen LogP contribution < -0.4 is 0 Å². The molecule has 0 bridgehead atoms. The molecule has 0 saturated heterocycles. The second kappa shape index (κ2) is 4.05. The third-order valence-electron chi connectivity index (χ3n) is 0.987. The highest BCUT2D eigenvalue weighted by atomic mass is 127. The lowest BCUT2D eigenvalue weighted by Crippen LogP contribution is -1.96. The van der Waals surface area contributed by atoms with Crippen LogP contribution in [0.15, 0.2) is 0 Å². The van der Waals surface area contributed by atoms with Gasteiger partial charge in [-0.15, -0.1) is 0 Å². The first kappa shape index (κ1) is 9.16. The summed E-state index contributed by atoms with van der Waals surface area (Å²) in [6.07, 6.45) is 0. The quantitative estimate of drug-likeness (QED) is 0.514. The zero-order valence-corrected chi connectivity index (χ0v) is 9.03. The van der Waals surface area contributed by atoms with Gasteiger partial charge in [-0.1, -0.05) is 49.7 Å². The molecule has 0 aromatic carbocycles. The van der Waals surface area contributed by atoms with Crippen LogP contribution in [0.25, 0.3) is 0 Å². The summed E-state index contributed by atoms with van der Waals surface area (Å²) in [5, 5.41) is 0. The van der Waals surface area contributed by atoms with Crippen molar-refractivity contribution in [3.05, 3.63) is 0 Å². The van der Waals surface area contributed by atoms with Crippen LogP contribution in [0, 0.1) is 0 Å². The number of rotatable bonds is 2. The standard InChI is InChI=1S/C6H14IP/c1-5(2)8(7)6(3)4/h5-6H,1-4H3. The summed E-state index contributed by atoms with van der Waals surface area (Å²) in [4.78, 5) is 0.